The first-order valence-electron chi connectivity index (χ1n) is 10.0. The Morgan fingerprint density at radius 2 is 1.44 bits per heavy atom. The lowest BCUT2D eigenvalue weighted by molar-refractivity contribution is 0.414. The van der Waals surface area contributed by atoms with Gasteiger partial charge >= 0.3 is 0 Å². The van der Waals surface area contributed by atoms with E-state index < -0.39 is 0 Å². The van der Waals surface area contributed by atoms with Crippen LogP contribution in [-0.4, -0.2) is 16.2 Å². The Kier molecular flexibility index (Phi) is 6.31. The molecule has 0 fully saturated rings. The maximum Gasteiger partial charge on any atom is 0.251 e. The molecular weight excluding hydrogens is 447 g/mol. The highest BCUT2D eigenvalue weighted by Gasteiger charge is 2.14. The molecule has 2 aromatic heterocycles. The number of ether oxygens (including phenoxy) is 2. The third-order valence-corrected chi connectivity index (χ3v) is 5.76. The number of aromatic nitrogens is 2. The van der Waals surface area contributed by atoms with Crippen LogP contribution in [-0.2, 0) is 6.54 Å². The number of nitrogens with zero attached hydrogens (tertiary/aromatic N) is 2. The molecule has 0 saturated heterocycles. The summed E-state index contributed by atoms with van der Waals surface area (Å²) in [7, 11) is 1.62. The van der Waals surface area contributed by atoms with Gasteiger partial charge in [0.25, 0.3) is 5.56 Å². The fourth-order valence-electron chi connectivity index (χ4n) is 3.59. The summed E-state index contributed by atoms with van der Waals surface area (Å²) in [6, 6.07) is 18.3. The molecule has 0 unspecified atom stereocenters. The lowest BCUT2D eigenvalue weighted by atomic mass is 10.2. The zero-order chi connectivity index (χ0) is 22.8. The van der Waals surface area contributed by atoms with Gasteiger partial charge in [-0.2, -0.15) is 0 Å². The second-order valence-electron chi connectivity index (χ2n) is 7.47. The summed E-state index contributed by atoms with van der Waals surface area (Å²) in [5.41, 5.74) is 3.84. The first kappa shape index (κ1) is 22.1. The van der Waals surface area contributed by atoms with E-state index in [2.05, 4.69) is 4.57 Å². The van der Waals surface area contributed by atoms with Crippen molar-refractivity contribution in [3.8, 4) is 22.9 Å². The number of benzene rings is 2. The minimum absolute atomic E-state index is 0.140. The maximum atomic E-state index is 12.4. The number of aryl methyl sites for hydroxylation is 2. The average Bonchev–Trinajstić information content (AvgIpc) is 3.11. The SMILES string of the molecule is COc1ccc(Cn2cc(Oc3c(Cl)cc(-n4c(C)ccc4C)cc3Cl)ccc2=O)cc1. The van der Waals surface area contributed by atoms with Gasteiger partial charge in [-0.05, 0) is 61.9 Å². The highest BCUT2D eigenvalue weighted by atomic mass is 35.5. The highest BCUT2D eigenvalue weighted by Crippen LogP contribution is 2.38. The second kappa shape index (κ2) is 9.15. The molecule has 5 nitrogen and oxygen atoms in total. The number of rotatable bonds is 6. The topological polar surface area (TPSA) is 45.4 Å². The van der Waals surface area contributed by atoms with Crippen molar-refractivity contribution in [3.63, 3.8) is 0 Å². The Bertz CT molecular complexity index is 1280. The van der Waals surface area contributed by atoms with Gasteiger partial charge in [0.15, 0.2) is 5.75 Å². The van der Waals surface area contributed by atoms with Crippen molar-refractivity contribution in [2.45, 2.75) is 20.4 Å². The van der Waals surface area contributed by atoms with Crippen molar-refractivity contribution in [1.29, 1.82) is 0 Å². The fourth-order valence-corrected chi connectivity index (χ4v) is 4.14. The Morgan fingerprint density at radius 1 is 0.844 bits per heavy atom. The molecule has 2 aromatic carbocycles. The van der Waals surface area contributed by atoms with Crippen LogP contribution in [0.5, 0.6) is 17.2 Å². The molecule has 0 saturated carbocycles. The van der Waals surface area contributed by atoms with Gasteiger partial charge in [-0.3, -0.25) is 4.79 Å². The molecule has 0 N–H and O–H groups in total. The standard InChI is InChI=1S/C25H22Cl2N2O3/c1-16-4-5-17(2)29(16)19-12-22(26)25(23(27)13-19)32-21-10-11-24(30)28(15-21)14-18-6-8-20(31-3)9-7-18/h4-13,15H,14H2,1-3H3. The minimum atomic E-state index is -0.140. The number of hydrogen-bond donors (Lipinski definition) is 0. The van der Waals surface area contributed by atoms with E-state index >= 15 is 0 Å². The van der Waals surface area contributed by atoms with Gasteiger partial charge in [0.1, 0.15) is 11.5 Å². The van der Waals surface area contributed by atoms with Crippen LogP contribution in [0.2, 0.25) is 10.0 Å². The molecule has 4 aromatic rings. The molecule has 0 aliphatic carbocycles. The summed E-state index contributed by atoms with van der Waals surface area (Å²) in [5.74, 6) is 1.56. The molecule has 0 atom stereocenters. The Labute approximate surface area is 196 Å². The third-order valence-electron chi connectivity index (χ3n) is 5.20. The van der Waals surface area contributed by atoms with E-state index in [0.29, 0.717) is 28.1 Å². The van der Waals surface area contributed by atoms with Gasteiger partial charge in [0.05, 0.1) is 29.9 Å². The summed E-state index contributed by atoms with van der Waals surface area (Å²) in [4.78, 5) is 12.4. The predicted octanol–water partition coefficient (Wildman–Crippen LogP) is 6.41. The van der Waals surface area contributed by atoms with Gasteiger partial charge in [0, 0.05) is 23.1 Å². The van der Waals surface area contributed by atoms with Gasteiger partial charge < -0.3 is 18.6 Å². The van der Waals surface area contributed by atoms with Crippen molar-refractivity contribution in [1.82, 2.24) is 9.13 Å². The van der Waals surface area contributed by atoms with Crippen LogP contribution in [0.3, 0.4) is 0 Å². The third kappa shape index (κ3) is 4.54. The van der Waals surface area contributed by atoms with Gasteiger partial charge in [-0.15, -0.1) is 0 Å². The van der Waals surface area contributed by atoms with Crippen LogP contribution in [0.1, 0.15) is 17.0 Å². The monoisotopic (exact) mass is 468 g/mol. The second-order valence-corrected chi connectivity index (χ2v) is 8.29. The van der Waals surface area contributed by atoms with E-state index in [1.165, 1.54) is 6.07 Å². The van der Waals surface area contributed by atoms with Crippen LogP contribution >= 0.6 is 23.2 Å². The van der Waals surface area contributed by atoms with Gasteiger partial charge in [-0.25, -0.2) is 0 Å². The molecule has 0 bridgehead atoms. The zero-order valence-electron chi connectivity index (χ0n) is 17.9. The molecular formula is C25H22Cl2N2O3. The van der Waals surface area contributed by atoms with Crippen LogP contribution in [0.4, 0.5) is 0 Å². The molecule has 7 heteroatoms. The van der Waals surface area contributed by atoms with E-state index in [4.69, 9.17) is 32.7 Å². The number of hydrogen-bond acceptors (Lipinski definition) is 3. The molecule has 32 heavy (non-hydrogen) atoms. The van der Waals surface area contributed by atoms with Crippen molar-refractivity contribution in [3.05, 3.63) is 104 Å². The summed E-state index contributed by atoms with van der Waals surface area (Å²) in [6.07, 6.45) is 1.65. The first-order valence-corrected chi connectivity index (χ1v) is 10.8. The maximum absolute atomic E-state index is 12.4. The van der Waals surface area contributed by atoms with Crippen LogP contribution < -0.4 is 15.0 Å². The van der Waals surface area contributed by atoms with Crippen molar-refractivity contribution in [2.24, 2.45) is 0 Å². The van der Waals surface area contributed by atoms with E-state index in [1.807, 2.05) is 62.4 Å². The summed E-state index contributed by atoms with van der Waals surface area (Å²) < 4.78 is 14.8. The van der Waals surface area contributed by atoms with Crippen molar-refractivity contribution < 1.29 is 9.47 Å². The molecule has 0 aliphatic rings. The summed E-state index contributed by atoms with van der Waals surface area (Å²) in [6.45, 7) is 4.43. The Morgan fingerprint density at radius 3 is 2.03 bits per heavy atom. The summed E-state index contributed by atoms with van der Waals surface area (Å²) >= 11 is 13.1. The lowest BCUT2D eigenvalue weighted by Crippen LogP contribution is -2.18. The number of methoxy groups -OCH3 is 1. The largest absolute Gasteiger partial charge is 0.497 e. The summed E-state index contributed by atoms with van der Waals surface area (Å²) in [5, 5.41) is 0.765. The normalized spacial score (nSPS) is 10.9. The molecule has 0 radical (unpaired) electrons. The van der Waals surface area contributed by atoms with E-state index in [1.54, 1.807) is 23.9 Å². The number of halogens is 2. The lowest BCUT2D eigenvalue weighted by Gasteiger charge is -2.15. The van der Waals surface area contributed by atoms with Crippen LogP contribution in [0, 0.1) is 13.8 Å². The Balaban J connectivity index is 1.61. The van der Waals surface area contributed by atoms with Gasteiger partial charge in [0.2, 0.25) is 0 Å². The van der Waals surface area contributed by atoms with Crippen LogP contribution in [0.25, 0.3) is 5.69 Å². The average molecular weight is 469 g/mol. The van der Waals surface area contributed by atoms with E-state index in [-0.39, 0.29) is 5.56 Å². The smallest absolute Gasteiger partial charge is 0.251 e. The molecule has 0 amide bonds. The highest BCUT2D eigenvalue weighted by molar-refractivity contribution is 6.37. The van der Waals surface area contributed by atoms with Gasteiger partial charge in [-0.1, -0.05) is 35.3 Å². The number of pyridine rings is 1. The predicted molar refractivity (Wildman–Crippen MR) is 128 cm³/mol. The molecule has 2 heterocycles. The molecule has 4 rings (SSSR count). The van der Waals surface area contributed by atoms with E-state index in [0.717, 1.165) is 28.4 Å². The fraction of sp³-hybridized carbons (Fsp3) is 0.160. The van der Waals surface area contributed by atoms with Crippen LogP contribution in [0.15, 0.2) is 71.7 Å². The molecule has 0 spiro atoms. The zero-order valence-corrected chi connectivity index (χ0v) is 19.4. The van der Waals surface area contributed by atoms with Crippen molar-refractivity contribution >= 4 is 23.2 Å². The van der Waals surface area contributed by atoms with Crippen molar-refractivity contribution in [2.75, 3.05) is 7.11 Å². The quantitative estimate of drug-likeness (QED) is 0.328. The molecule has 0 aliphatic heterocycles. The first-order chi connectivity index (χ1) is 15.4. The van der Waals surface area contributed by atoms with E-state index in [9.17, 15) is 4.79 Å². The molecule has 164 valence electrons. The minimum Gasteiger partial charge on any atom is -0.497 e. The Hall–Kier alpha value is -3.15.